The topological polar surface area (TPSA) is 64.7 Å². The molecule has 0 spiro atoms. The fourth-order valence-corrected chi connectivity index (χ4v) is 6.80. The van der Waals surface area contributed by atoms with Gasteiger partial charge >= 0.3 is 0 Å². The largest absolute Gasteiger partial charge is 0.367 e. The van der Waals surface area contributed by atoms with Crippen LogP contribution in [0.2, 0.25) is 0 Å². The highest BCUT2D eigenvalue weighted by molar-refractivity contribution is 7.90. The highest BCUT2D eigenvalue weighted by Crippen LogP contribution is 2.36. The molecule has 2 aliphatic heterocycles. The van der Waals surface area contributed by atoms with Crippen molar-refractivity contribution in [1.29, 1.82) is 0 Å². The highest BCUT2D eigenvalue weighted by Gasteiger charge is 2.44. The third kappa shape index (κ3) is 5.14. The zero-order chi connectivity index (χ0) is 22.7. The van der Waals surface area contributed by atoms with Crippen LogP contribution in [0.5, 0.6) is 0 Å². The summed E-state index contributed by atoms with van der Waals surface area (Å²) in [7, 11) is -3.40. The van der Waals surface area contributed by atoms with Crippen molar-refractivity contribution in [2.45, 2.75) is 31.7 Å². The lowest BCUT2D eigenvalue weighted by molar-refractivity contribution is 0.249. The summed E-state index contributed by atoms with van der Waals surface area (Å²) in [6.07, 6.45) is 0.670. The van der Waals surface area contributed by atoms with E-state index in [4.69, 9.17) is 0 Å². The predicted molar refractivity (Wildman–Crippen MR) is 127 cm³/mol. The third-order valence-electron chi connectivity index (χ3n) is 6.62. The lowest BCUT2D eigenvalue weighted by Crippen LogP contribution is -2.48. The molecule has 0 amide bonds. The van der Waals surface area contributed by atoms with E-state index in [0.717, 1.165) is 56.8 Å². The molecule has 2 heterocycles. The number of piperazine rings is 1. The number of rotatable bonds is 7. The Morgan fingerprint density at radius 2 is 1.75 bits per heavy atom. The van der Waals surface area contributed by atoms with Crippen LogP contribution in [-0.4, -0.2) is 58.8 Å². The molecule has 32 heavy (non-hydrogen) atoms. The van der Waals surface area contributed by atoms with E-state index in [9.17, 15) is 12.8 Å². The highest BCUT2D eigenvalue weighted by atomic mass is 32.2. The van der Waals surface area contributed by atoms with Gasteiger partial charge in [-0.15, -0.1) is 0 Å². The van der Waals surface area contributed by atoms with Crippen LogP contribution in [0.25, 0.3) is 0 Å². The van der Waals surface area contributed by atoms with Crippen molar-refractivity contribution < 1.29 is 12.8 Å². The minimum absolute atomic E-state index is 0.0629. The van der Waals surface area contributed by atoms with Crippen LogP contribution in [0.1, 0.15) is 29.7 Å². The van der Waals surface area contributed by atoms with Gasteiger partial charge in [-0.1, -0.05) is 48.9 Å². The zero-order valence-corrected chi connectivity index (χ0v) is 19.6. The fourth-order valence-electron chi connectivity index (χ4n) is 4.76. The van der Waals surface area contributed by atoms with Gasteiger partial charge in [0.1, 0.15) is 11.1 Å². The SMILES string of the molecule is Cc1ccc(C2C(C)C(NCCCN3CCN(c4ccccc4F)CC3)NS2(=O)=O)cc1. The average Bonchev–Trinajstić information content (AvgIpc) is 3.01. The summed E-state index contributed by atoms with van der Waals surface area (Å²) in [6, 6.07) is 14.7. The van der Waals surface area contributed by atoms with E-state index in [2.05, 4.69) is 19.8 Å². The number of hydrogen-bond acceptors (Lipinski definition) is 5. The molecule has 0 bridgehead atoms. The molecule has 3 atom stereocenters. The van der Waals surface area contributed by atoms with Gasteiger partial charge in [-0.25, -0.2) is 12.8 Å². The van der Waals surface area contributed by atoms with E-state index in [1.165, 1.54) is 6.07 Å². The first-order valence-electron chi connectivity index (χ1n) is 11.4. The zero-order valence-electron chi connectivity index (χ0n) is 18.8. The van der Waals surface area contributed by atoms with Crippen LogP contribution in [0, 0.1) is 18.7 Å². The molecule has 2 aromatic carbocycles. The van der Waals surface area contributed by atoms with Crippen LogP contribution >= 0.6 is 0 Å². The van der Waals surface area contributed by atoms with E-state index >= 15 is 0 Å². The number of halogens is 1. The Morgan fingerprint density at radius 1 is 1.06 bits per heavy atom. The molecular formula is C24H33FN4O2S. The van der Waals surface area contributed by atoms with Crippen LogP contribution in [0.3, 0.4) is 0 Å². The molecule has 3 unspecified atom stereocenters. The van der Waals surface area contributed by atoms with E-state index in [1.807, 2.05) is 50.2 Å². The normalized spacial score (nSPS) is 25.8. The lowest BCUT2D eigenvalue weighted by Gasteiger charge is -2.36. The Balaban J connectivity index is 1.22. The maximum absolute atomic E-state index is 14.0. The van der Waals surface area contributed by atoms with Gasteiger partial charge in [-0.05, 0) is 44.1 Å². The Hall–Kier alpha value is -2.00. The minimum Gasteiger partial charge on any atom is -0.367 e. The van der Waals surface area contributed by atoms with E-state index in [0.29, 0.717) is 5.69 Å². The monoisotopic (exact) mass is 460 g/mol. The van der Waals surface area contributed by atoms with Gasteiger partial charge in [-0.3, -0.25) is 4.90 Å². The van der Waals surface area contributed by atoms with Crippen molar-refractivity contribution in [2.75, 3.05) is 44.2 Å². The smallest absolute Gasteiger partial charge is 0.220 e. The average molecular weight is 461 g/mol. The maximum atomic E-state index is 14.0. The van der Waals surface area contributed by atoms with E-state index in [-0.39, 0.29) is 17.9 Å². The summed E-state index contributed by atoms with van der Waals surface area (Å²) < 4.78 is 42.3. The number of hydrogen-bond donors (Lipinski definition) is 2. The second kappa shape index (κ2) is 9.87. The van der Waals surface area contributed by atoms with Crippen molar-refractivity contribution in [2.24, 2.45) is 5.92 Å². The number of para-hydroxylation sites is 1. The summed E-state index contributed by atoms with van der Waals surface area (Å²) in [5.41, 5.74) is 2.64. The standard InChI is InChI=1S/C24H33FN4O2S/c1-18-8-10-20(11-9-18)23-19(2)24(27-32(23,30)31)26-12-5-13-28-14-16-29(17-15-28)22-7-4-3-6-21(22)25/h3-4,6-11,19,23-24,26-27H,5,12-17H2,1-2H3. The Labute approximate surface area is 190 Å². The Bertz CT molecular complexity index is 1010. The Morgan fingerprint density at radius 3 is 2.44 bits per heavy atom. The van der Waals surface area contributed by atoms with Gasteiger partial charge in [0.05, 0.1) is 11.9 Å². The minimum atomic E-state index is -3.40. The van der Waals surface area contributed by atoms with Crippen molar-refractivity contribution in [3.05, 3.63) is 65.5 Å². The summed E-state index contributed by atoms with van der Waals surface area (Å²) in [6.45, 7) is 9.09. The number of nitrogens with zero attached hydrogens (tertiary/aromatic N) is 2. The van der Waals surface area contributed by atoms with Crippen LogP contribution < -0.4 is 14.9 Å². The number of anilines is 1. The molecule has 2 aliphatic rings. The molecule has 0 aliphatic carbocycles. The van der Waals surface area contributed by atoms with E-state index < -0.39 is 15.3 Å². The molecule has 2 N–H and O–H groups in total. The van der Waals surface area contributed by atoms with Crippen molar-refractivity contribution in [3.63, 3.8) is 0 Å². The van der Waals surface area contributed by atoms with Gasteiger partial charge in [0.25, 0.3) is 0 Å². The number of sulfonamides is 1. The number of nitrogens with one attached hydrogen (secondary N) is 2. The molecule has 0 radical (unpaired) electrons. The molecule has 4 rings (SSSR count). The molecule has 0 aromatic heterocycles. The number of benzene rings is 2. The fraction of sp³-hybridized carbons (Fsp3) is 0.500. The molecule has 2 saturated heterocycles. The first-order chi connectivity index (χ1) is 15.3. The van der Waals surface area contributed by atoms with Gasteiger partial charge in [-0.2, -0.15) is 4.72 Å². The molecule has 2 fully saturated rings. The molecular weight excluding hydrogens is 427 g/mol. The van der Waals surface area contributed by atoms with Crippen LogP contribution in [0.15, 0.2) is 48.5 Å². The van der Waals surface area contributed by atoms with Crippen LogP contribution in [-0.2, 0) is 10.0 Å². The maximum Gasteiger partial charge on any atom is 0.220 e. The van der Waals surface area contributed by atoms with Gasteiger partial charge < -0.3 is 10.2 Å². The summed E-state index contributed by atoms with van der Waals surface area (Å²) >= 11 is 0. The van der Waals surface area contributed by atoms with Crippen molar-refractivity contribution >= 4 is 15.7 Å². The summed E-state index contributed by atoms with van der Waals surface area (Å²) in [5, 5.41) is 2.87. The van der Waals surface area contributed by atoms with Gasteiger partial charge in [0.15, 0.2) is 0 Å². The quantitative estimate of drug-likeness (QED) is 0.622. The molecule has 0 saturated carbocycles. The van der Waals surface area contributed by atoms with E-state index in [1.54, 1.807) is 6.07 Å². The van der Waals surface area contributed by atoms with Crippen LogP contribution in [0.4, 0.5) is 10.1 Å². The molecule has 2 aromatic rings. The predicted octanol–water partition coefficient (Wildman–Crippen LogP) is 2.87. The first-order valence-corrected chi connectivity index (χ1v) is 12.9. The lowest BCUT2D eigenvalue weighted by atomic mass is 9.97. The Kier molecular flexibility index (Phi) is 7.14. The molecule has 8 heteroatoms. The summed E-state index contributed by atoms with van der Waals surface area (Å²) in [4.78, 5) is 4.49. The second-order valence-electron chi connectivity index (χ2n) is 8.92. The first kappa shape index (κ1) is 23.2. The van der Waals surface area contributed by atoms with Crippen molar-refractivity contribution in [1.82, 2.24) is 14.9 Å². The molecule has 6 nitrogen and oxygen atoms in total. The number of aryl methyl sites for hydroxylation is 1. The summed E-state index contributed by atoms with van der Waals surface area (Å²) in [5.74, 6) is -0.228. The van der Waals surface area contributed by atoms with Crippen molar-refractivity contribution in [3.8, 4) is 0 Å². The van der Waals surface area contributed by atoms with Gasteiger partial charge in [0, 0.05) is 32.1 Å². The molecule has 174 valence electrons. The van der Waals surface area contributed by atoms with Gasteiger partial charge in [0.2, 0.25) is 10.0 Å². The second-order valence-corrected chi connectivity index (χ2v) is 10.8. The third-order valence-corrected chi connectivity index (χ3v) is 8.57.